The normalized spacial score (nSPS) is 15.5. The predicted octanol–water partition coefficient (Wildman–Crippen LogP) is 4.73. The number of benzene rings is 3. The van der Waals surface area contributed by atoms with Crippen molar-refractivity contribution in [3.05, 3.63) is 90.0 Å². The number of carbonyl (C=O) groups excluding carboxylic acids is 3. The number of carbonyl (C=O) groups is 3. The molecule has 1 aliphatic heterocycles. The van der Waals surface area contributed by atoms with E-state index in [-0.39, 0.29) is 18.7 Å². The van der Waals surface area contributed by atoms with Crippen LogP contribution in [0.1, 0.15) is 18.9 Å². The van der Waals surface area contributed by atoms with E-state index < -0.39 is 35.5 Å². The van der Waals surface area contributed by atoms with Crippen LogP contribution in [0.15, 0.2) is 72.8 Å². The van der Waals surface area contributed by atoms with E-state index in [0.717, 1.165) is 17.0 Å². The summed E-state index contributed by atoms with van der Waals surface area (Å²) in [6, 6.07) is 15.5. The second kappa shape index (κ2) is 10.3. The third kappa shape index (κ3) is 5.46. The van der Waals surface area contributed by atoms with E-state index in [1.165, 1.54) is 41.3 Å². The van der Waals surface area contributed by atoms with Crippen molar-refractivity contribution in [2.75, 3.05) is 16.8 Å². The molecule has 0 saturated carbocycles. The highest BCUT2D eigenvalue weighted by molar-refractivity contribution is 6.22. The van der Waals surface area contributed by atoms with E-state index in [1.807, 2.05) is 6.92 Å². The minimum atomic E-state index is -1.10. The number of nitrogens with zero attached hydrogens (tertiary/aromatic N) is 2. The highest BCUT2D eigenvalue weighted by Crippen LogP contribution is 2.29. The number of ether oxygens (including phenoxy) is 1. The zero-order valence-corrected chi connectivity index (χ0v) is 18.9. The molecule has 35 heavy (non-hydrogen) atoms. The van der Waals surface area contributed by atoms with Crippen molar-refractivity contribution in [1.82, 2.24) is 4.90 Å². The molecule has 1 N–H and O–H groups in total. The minimum Gasteiger partial charge on any atom is -0.494 e. The maximum atomic E-state index is 13.4. The third-order valence-electron chi connectivity index (χ3n) is 5.50. The van der Waals surface area contributed by atoms with Crippen molar-refractivity contribution in [2.45, 2.75) is 25.9 Å². The van der Waals surface area contributed by atoms with E-state index in [1.54, 1.807) is 24.3 Å². The standard InChI is InChI=1S/C26H23F2N3O4/c1-2-35-22-13-9-20(10-14-22)29-24(32)15-23-25(33)31(21-11-7-19(28)8-12-21)26(34)30(23)16-17-3-5-18(27)6-4-17/h3-14,23H,2,15-16H2,1H3,(H,29,32). The summed E-state index contributed by atoms with van der Waals surface area (Å²) >= 11 is 0. The second-order valence-corrected chi connectivity index (χ2v) is 7.91. The lowest BCUT2D eigenvalue weighted by molar-refractivity contribution is -0.124. The van der Waals surface area contributed by atoms with Gasteiger partial charge in [0.2, 0.25) is 5.91 Å². The number of halogens is 2. The number of anilines is 2. The van der Waals surface area contributed by atoms with Crippen molar-refractivity contribution in [2.24, 2.45) is 0 Å². The summed E-state index contributed by atoms with van der Waals surface area (Å²) in [6.45, 7) is 2.37. The fourth-order valence-electron chi connectivity index (χ4n) is 3.82. The number of rotatable bonds is 8. The molecule has 1 unspecified atom stereocenters. The van der Waals surface area contributed by atoms with Gasteiger partial charge in [0.25, 0.3) is 5.91 Å². The van der Waals surface area contributed by atoms with Crippen LogP contribution in [0.4, 0.5) is 25.0 Å². The molecule has 1 saturated heterocycles. The lowest BCUT2D eigenvalue weighted by atomic mass is 10.1. The maximum absolute atomic E-state index is 13.4. The van der Waals surface area contributed by atoms with Gasteiger partial charge in [-0.1, -0.05) is 12.1 Å². The van der Waals surface area contributed by atoms with Gasteiger partial charge < -0.3 is 15.0 Å². The summed E-state index contributed by atoms with van der Waals surface area (Å²) < 4.78 is 32.1. The summed E-state index contributed by atoms with van der Waals surface area (Å²) in [5.74, 6) is -1.36. The number of hydrogen-bond acceptors (Lipinski definition) is 4. The average molecular weight is 479 g/mol. The predicted molar refractivity (Wildman–Crippen MR) is 126 cm³/mol. The Morgan fingerprint density at radius 1 is 0.914 bits per heavy atom. The SMILES string of the molecule is CCOc1ccc(NC(=O)CC2C(=O)N(c3ccc(F)cc3)C(=O)N2Cc2ccc(F)cc2)cc1. The van der Waals surface area contributed by atoms with Crippen LogP contribution in [-0.2, 0) is 16.1 Å². The molecular weight excluding hydrogens is 456 g/mol. The molecule has 180 valence electrons. The highest BCUT2D eigenvalue weighted by atomic mass is 19.1. The topological polar surface area (TPSA) is 79.0 Å². The van der Waals surface area contributed by atoms with Crippen LogP contribution in [0, 0.1) is 11.6 Å². The molecule has 7 nitrogen and oxygen atoms in total. The number of hydrogen-bond donors (Lipinski definition) is 1. The van der Waals surface area contributed by atoms with E-state index in [9.17, 15) is 23.2 Å². The lowest BCUT2D eigenvalue weighted by Crippen LogP contribution is -2.37. The van der Waals surface area contributed by atoms with Crippen LogP contribution >= 0.6 is 0 Å². The van der Waals surface area contributed by atoms with Gasteiger partial charge >= 0.3 is 6.03 Å². The molecule has 1 aliphatic rings. The lowest BCUT2D eigenvalue weighted by Gasteiger charge is -2.21. The van der Waals surface area contributed by atoms with Crippen LogP contribution in [0.3, 0.4) is 0 Å². The molecule has 3 aromatic carbocycles. The Kier molecular flexibility index (Phi) is 7.05. The van der Waals surface area contributed by atoms with Gasteiger partial charge in [-0.15, -0.1) is 0 Å². The highest BCUT2D eigenvalue weighted by Gasteiger charge is 2.46. The quantitative estimate of drug-likeness (QED) is 0.474. The molecule has 1 heterocycles. The monoisotopic (exact) mass is 479 g/mol. The number of urea groups is 1. The van der Waals surface area contributed by atoms with E-state index in [0.29, 0.717) is 23.6 Å². The molecule has 0 aromatic heterocycles. The number of imide groups is 1. The average Bonchev–Trinajstić information content (AvgIpc) is 3.06. The molecule has 0 aliphatic carbocycles. The Balaban J connectivity index is 1.56. The molecule has 1 fully saturated rings. The van der Waals surface area contributed by atoms with Crippen molar-refractivity contribution in [3.63, 3.8) is 0 Å². The van der Waals surface area contributed by atoms with Crippen LogP contribution < -0.4 is 15.0 Å². The van der Waals surface area contributed by atoms with Gasteiger partial charge in [-0.25, -0.2) is 18.5 Å². The first-order valence-electron chi connectivity index (χ1n) is 11.0. The molecule has 3 aromatic rings. The molecule has 0 radical (unpaired) electrons. The molecule has 9 heteroatoms. The summed E-state index contributed by atoms with van der Waals surface area (Å²) in [6.07, 6.45) is -0.295. The molecule has 0 spiro atoms. The zero-order valence-electron chi connectivity index (χ0n) is 18.9. The Hall–Kier alpha value is -4.27. The van der Waals surface area contributed by atoms with E-state index in [2.05, 4.69) is 5.32 Å². The van der Waals surface area contributed by atoms with Crippen molar-refractivity contribution in [1.29, 1.82) is 0 Å². The van der Waals surface area contributed by atoms with Gasteiger partial charge in [0, 0.05) is 12.2 Å². The number of amides is 4. The Labute approximate surface area is 200 Å². The fourth-order valence-corrected chi connectivity index (χ4v) is 3.82. The summed E-state index contributed by atoms with van der Waals surface area (Å²) in [7, 11) is 0. The van der Waals surface area contributed by atoms with Crippen molar-refractivity contribution < 1.29 is 27.9 Å². The van der Waals surface area contributed by atoms with Gasteiger partial charge in [0.15, 0.2) is 0 Å². The van der Waals surface area contributed by atoms with Gasteiger partial charge in [-0.3, -0.25) is 9.59 Å². The second-order valence-electron chi connectivity index (χ2n) is 7.91. The summed E-state index contributed by atoms with van der Waals surface area (Å²) in [5.41, 5.74) is 1.29. The van der Waals surface area contributed by atoms with E-state index in [4.69, 9.17) is 4.74 Å². The van der Waals surface area contributed by atoms with Gasteiger partial charge in [-0.05, 0) is 73.2 Å². The van der Waals surface area contributed by atoms with Crippen LogP contribution in [0.25, 0.3) is 0 Å². The minimum absolute atomic E-state index is 0.0104. The smallest absolute Gasteiger partial charge is 0.332 e. The summed E-state index contributed by atoms with van der Waals surface area (Å²) in [5, 5.41) is 2.73. The van der Waals surface area contributed by atoms with Crippen molar-refractivity contribution >= 4 is 29.2 Å². The first kappa shape index (κ1) is 23.9. The third-order valence-corrected chi connectivity index (χ3v) is 5.50. The molecule has 4 amide bonds. The largest absolute Gasteiger partial charge is 0.494 e. The molecule has 0 bridgehead atoms. The first-order valence-corrected chi connectivity index (χ1v) is 11.0. The number of nitrogens with one attached hydrogen (secondary N) is 1. The zero-order chi connectivity index (χ0) is 24.9. The maximum Gasteiger partial charge on any atom is 0.332 e. The van der Waals surface area contributed by atoms with Gasteiger partial charge in [-0.2, -0.15) is 0 Å². The first-order chi connectivity index (χ1) is 16.9. The van der Waals surface area contributed by atoms with Crippen LogP contribution in [0.5, 0.6) is 5.75 Å². The molecular formula is C26H23F2N3O4. The molecule has 4 rings (SSSR count). The summed E-state index contributed by atoms with van der Waals surface area (Å²) in [4.78, 5) is 41.5. The van der Waals surface area contributed by atoms with Crippen molar-refractivity contribution in [3.8, 4) is 5.75 Å². The van der Waals surface area contributed by atoms with Crippen LogP contribution in [-0.4, -0.2) is 35.4 Å². The van der Waals surface area contributed by atoms with Gasteiger partial charge in [0.1, 0.15) is 23.4 Å². The Morgan fingerprint density at radius 3 is 2.11 bits per heavy atom. The Morgan fingerprint density at radius 2 is 1.51 bits per heavy atom. The van der Waals surface area contributed by atoms with Crippen LogP contribution in [0.2, 0.25) is 0 Å². The Bertz CT molecular complexity index is 1210. The fraction of sp³-hybridized carbons (Fsp3) is 0.192. The van der Waals surface area contributed by atoms with Gasteiger partial charge in [0.05, 0.1) is 18.7 Å². The molecule has 1 atom stereocenters. The van der Waals surface area contributed by atoms with E-state index >= 15 is 0 Å².